The second kappa shape index (κ2) is 7.37. The number of carbonyl (C=O) groups excluding carboxylic acids is 2. The molecule has 2 aromatic carbocycles. The predicted octanol–water partition coefficient (Wildman–Crippen LogP) is 2.28. The molecule has 0 aliphatic carbocycles. The fraction of sp³-hybridized carbons (Fsp3) is 0.105. The zero-order valence-corrected chi connectivity index (χ0v) is 13.0. The lowest BCUT2D eigenvalue weighted by Crippen LogP contribution is -2.36. The summed E-state index contributed by atoms with van der Waals surface area (Å²) in [6.45, 7) is 0.324. The molecule has 24 heavy (non-hydrogen) atoms. The Bertz CT molecular complexity index is 863. The number of fused-ring (bicyclic) bond motifs is 1. The van der Waals surface area contributed by atoms with E-state index in [2.05, 4.69) is 15.6 Å². The summed E-state index contributed by atoms with van der Waals surface area (Å²) < 4.78 is 0. The van der Waals surface area contributed by atoms with Crippen molar-refractivity contribution in [1.29, 1.82) is 0 Å². The van der Waals surface area contributed by atoms with Crippen LogP contribution in [0.2, 0.25) is 0 Å². The van der Waals surface area contributed by atoms with Crippen molar-refractivity contribution in [2.75, 3.05) is 6.54 Å². The van der Waals surface area contributed by atoms with Crippen molar-refractivity contribution in [2.45, 2.75) is 6.54 Å². The minimum atomic E-state index is -0.266. The molecule has 5 nitrogen and oxygen atoms in total. The molecule has 0 spiro atoms. The molecule has 0 aliphatic rings. The van der Waals surface area contributed by atoms with Crippen LogP contribution >= 0.6 is 0 Å². The first kappa shape index (κ1) is 15.7. The van der Waals surface area contributed by atoms with Crippen LogP contribution in [0.3, 0.4) is 0 Å². The molecule has 0 atom stereocenters. The molecule has 0 radical (unpaired) electrons. The molecule has 120 valence electrons. The van der Waals surface area contributed by atoms with Crippen molar-refractivity contribution in [3.05, 3.63) is 78.1 Å². The molecular formula is C19H17N3O2. The van der Waals surface area contributed by atoms with E-state index in [0.717, 1.165) is 16.3 Å². The molecule has 0 unspecified atom stereocenters. The second-order valence-corrected chi connectivity index (χ2v) is 5.38. The molecule has 0 saturated carbocycles. The van der Waals surface area contributed by atoms with Gasteiger partial charge in [-0.05, 0) is 34.5 Å². The number of nitrogens with one attached hydrogen (secondary N) is 2. The lowest BCUT2D eigenvalue weighted by Gasteiger charge is -2.07. The SMILES string of the molecule is O=C(CNC(=O)c1ccc2ccccc2c1)NCc1cccnc1. The van der Waals surface area contributed by atoms with Crippen molar-refractivity contribution < 1.29 is 9.59 Å². The molecule has 1 aromatic heterocycles. The molecule has 2 amide bonds. The van der Waals surface area contributed by atoms with Crippen LogP contribution in [0, 0.1) is 0 Å². The molecule has 1 heterocycles. The summed E-state index contributed by atoms with van der Waals surface area (Å²) in [6.07, 6.45) is 3.36. The van der Waals surface area contributed by atoms with Crippen LogP contribution < -0.4 is 10.6 Å². The molecule has 0 aliphatic heterocycles. The number of pyridine rings is 1. The third-order valence-electron chi connectivity index (χ3n) is 3.63. The maximum absolute atomic E-state index is 12.2. The highest BCUT2D eigenvalue weighted by molar-refractivity contribution is 5.99. The van der Waals surface area contributed by atoms with E-state index >= 15 is 0 Å². The van der Waals surface area contributed by atoms with E-state index in [1.165, 1.54) is 0 Å². The van der Waals surface area contributed by atoms with Gasteiger partial charge in [0.15, 0.2) is 0 Å². The summed E-state index contributed by atoms with van der Waals surface area (Å²) in [5.74, 6) is -0.509. The van der Waals surface area contributed by atoms with Crippen LogP contribution in [-0.2, 0) is 11.3 Å². The Hall–Kier alpha value is -3.21. The summed E-state index contributed by atoms with van der Waals surface area (Å²) in [5, 5.41) is 7.44. The third-order valence-corrected chi connectivity index (χ3v) is 3.63. The molecule has 0 fully saturated rings. The van der Waals surface area contributed by atoms with E-state index < -0.39 is 0 Å². The average Bonchev–Trinajstić information content (AvgIpc) is 2.65. The topological polar surface area (TPSA) is 71.1 Å². The van der Waals surface area contributed by atoms with E-state index in [4.69, 9.17) is 0 Å². The van der Waals surface area contributed by atoms with Gasteiger partial charge in [0.2, 0.25) is 5.91 Å². The minimum absolute atomic E-state index is 0.0636. The smallest absolute Gasteiger partial charge is 0.251 e. The second-order valence-electron chi connectivity index (χ2n) is 5.38. The minimum Gasteiger partial charge on any atom is -0.350 e. The monoisotopic (exact) mass is 319 g/mol. The Morgan fingerprint density at radius 1 is 0.917 bits per heavy atom. The number of rotatable bonds is 5. The molecular weight excluding hydrogens is 302 g/mol. The van der Waals surface area contributed by atoms with E-state index in [-0.39, 0.29) is 18.4 Å². The molecule has 0 saturated heterocycles. The predicted molar refractivity (Wildman–Crippen MR) is 92.4 cm³/mol. The molecule has 0 bridgehead atoms. The van der Waals surface area contributed by atoms with Gasteiger partial charge in [-0.3, -0.25) is 14.6 Å². The van der Waals surface area contributed by atoms with Gasteiger partial charge in [-0.2, -0.15) is 0 Å². The molecule has 2 N–H and O–H groups in total. The first-order valence-electron chi connectivity index (χ1n) is 7.65. The van der Waals surface area contributed by atoms with Crippen molar-refractivity contribution >= 4 is 22.6 Å². The Morgan fingerprint density at radius 2 is 1.75 bits per heavy atom. The Balaban J connectivity index is 1.53. The maximum atomic E-state index is 12.2. The number of amides is 2. The zero-order chi connectivity index (χ0) is 16.8. The number of benzene rings is 2. The van der Waals surface area contributed by atoms with Crippen LogP contribution in [0.1, 0.15) is 15.9 Å². The van der Waals surface area contributed by atoms with Crippen LogP contribution in [-0.4, -0.2) is 23.3 Å². The summed E-state index contributed by atoms with van der Waals surface area (Å²) in [4.78, 5) is 28.0. The molecule has 3 aromatic rings. The standard InChI is InChI=1S/C19H17N3O2/c23-18(21-12-14-4-3-9-20-11-14)13-22-19(24)17-8-7-15-5-1-2-6-16(15)10-17/h1-11H,12-13H2,(H,21,23)(H,22,24). The normalized spacial score (nSPS) is 10.3. The van der Waals surface area contributed by atoms with Gasteiger partial charge in [-0.25, -0.2) is 0 Å². The first-order chi connectivity index (χ1) is 11.7. The molecule has 3 rings (SSSR count). The van der Waals surface area contributed by atoms with Gasteiger partial charge in [-0.15, -0.1) is 0 Å². The Kier molecular flexibility index (Phi) is 4.81. The van der Waals surface area contributed by atoms with E-state index in [0.29, 0.717) is 12.1 Å². The maximum Gasteiger partial charge on any atom is 0.251 e. The highest BCUT2D eigenvalue weighted by atomic mass is 16.2. The summed E-state index contributed by atoms with van der Waals surface area (Å²) in [5.41, 5.74) is 1.44. The van der Waals surface area contributed by atoms with E-state index in [1.807, 2.05) is 48.5 Å². The van der Waals surface area contributed by atoms with Gasteiger partial charge in [0.1, 0.15) is 0 Å². The number of nitrogens with zero attached hydrogens (tertiary/aromatic N) is 1. The lowest BCUT2D eigenvalue weighted by atomic mass is 10.1. The zero-order valence-electron chi connectivity index (χ0n) is 13.0. The van der Waals surface area contributed by atoms with Gasteiger partial charge in [0.05, 0.1) is 6.54 Å². The van der Waals surface area contributed by atoms with E-state index in [9.17, 15) is 9.59 Å². The Morgan fingerprint density at radius 3 is 2.54 bits per heavy atom. The number of aromatic nitrogens is 1. The Labute approximate surface area is 139 Å². The number of carbonyl (C=O) groups is 2. The van der Waals surface area contributed by atoms with Crippen molar-refractivity contribution in [3.8, 4) is 0 Å². The van der Waals surface area contributed by atoms with Gasteiger partial charge in [-0.1, -0.05) is 36.4 Å². The average molecular weight is 319 g/mol. The third kappa shape index (κ3) is 3.95. The van der Waals surface area contributed by atoms with Gasteiger partial charge in [0, 0.05) is 24.5 Å². The summed E-state index contributed by atoms with van der Waals surface area (Å²) in [7, 11) is 0. The number of hydrogen-bond donors (Lipinski definition) is 2. The summed E-state index contributed by atoms with van der Waals surface area (Å²) in [6, 6.07) is 17.0. The van der Waals surface area contributed by atoms with Crippen LogP contribution in [0.5, 0.6) is 0 Å². The van der Waals surface area contributed by atoms with Gasteiger partial charge >= 0.3 is 0 Å². The fourth-order valence-electron chi connectivity index (χ4n) is 2.36. The van der Waals surface area contributed by atoms with Crippen LogP contribution in [0.15, 0.2) is 67.0 Å². The van der Waals surface area contributed by atoms with Crippen LogP contribution in [0.4, 0.5) is 0 Å². The van der Waals surface area contributed by atoms with Gasteiger partial charge in [0.25, 0.3) is 5.91 Å². The van der Waals surface area contributed by atoms with Gasteiger partial charge < -0.3 is 10.6 Å². The largest absolute Gasteiger partial charge is 0.350 e. The quantitative estimate of drug-likeness (QED) is 0.758. The van der Waals surface area contributed by atoms with Crippen molar-refractivity contribution in [1.82, 2.24) is 15.6 Å². The number of hydrogen-bond acceptors (Lipinski definition) is 3. The van der Waals surface area contributed by atoms with E-state index in [1.54, 1.807) is 18.5 Å². The highest BCUT2D eigenvalue weighted by Crippen LogP contribution is 2.15. The first-order valence-corrected chi connectivity index (χ1v) is 7.65. The fourth-order valence-corrected chi connectivity index (χ4v) is 2.36. The lowest BCUT2D eigenvalue weighted by molar-refractivity contribution is -0.120. The highest BCUT2D eigenvalue weighted by Gasteiger charge is 2.08. The van der Waals surface area contributed by atoms with Crippen LogP contribution in [0.25, 0.3) is 10.8 Å². The van der Waals surface area contributed by atoms with Crippen molar-refractivity contribution in [3.63, 3.8) is 0 Å². The molecule has 5 heteroatoms. The van der Waals surface area contributed by atoms with Crippen molar-refractivity contribution in [2.24, 2.45) is 0 Å². The summed E-state index contributed by atoms with van der Waals surface area (Å²) >= 11 is 0.